The Morgan fingerprint density at radius 1 is 1.47 bits per heavy atom. The maximum Gasteiger partial charge on any atom is 0.155 e. The summed E-state index contributed by atoms with van der Waals surface area (Å²) in [5.74, 6) is 1.47. The first-order valence-electron chi connectivity index (χ1n) is 5.84. The van der Waals surface area contributed by atoms with Crippen molar-refractivity contribution in [1.82, 2.24) is 9.78 Å². The molecule has 2 aromatic rings. The van der Waals surface area contributed by atoms with E-state index < -0.39 is 0 Å². The molecule has 2 aromatic heterocycles. The molecule has 0 aliphatic carbocycles. The molecule has 0 atom stereocenters. The van der Waals surface area contributed by atoms with Crippen molar-refractivity contribution in [3.05, 3.63) is 29.7 Å². The van der Waals surface area contributed by atoms with Crippen LogP contribution in [0.15, 0.2) is 22.7 Å². The molecule has 0 unspecified atom stereocenters. The number of aromatic nitrogens is 2. The number of furan rings is 1. The Kier molecular flexibility index (Phi) is 3.42. The topological polar surface area (TPSA) is 48.0 Å². The summed E-state index contributed by atoms with van der Waals surface area (Å²) in [5, 5.41) is 4.39. The minimum atomic E-state index is 0.579. The van der Waals surface area contributed by atoms with Gasteiger partial charge in [-0.1, -0.05) is 13.3 Å². The fourth-order valence-electron chi connectivity index (χ4n) is 1.71. The molecule has 0 saturated carbocycles. The number of aryl methyl sites for hydroxylation is 2. The molecule has 2 heterocycles. The summed E-state index contributed by atoms with van der Waals surface area (Å²) in [6.45, 7) is 4.83. The quantitative estimate of drug-likeness (QED) is 0.744. The highest BCUT2D eigenvalue weighted by Crippen LogP contribution is 2.23. The third kappa shape index (κ3) is 2.46. The van der Waals surface area contributed by atoms with Crippen molar-refractivity contribution in [1.29, 1.82) is 0 Å². The number of rotatable bonds is 5. The van der Waals surface area contributed by atoms with E-state index in [0.717, 1.165) is 31.4 Å². The second kappa shape index (κ2) is 4.99. The molecule has 17 heavy (non-hydrogen) atoms. The van der Waals surface area contributed by atoms with Gasteiger partial charge in [-0.25, -0.2) is 0 Å². The van der Waals surface area contributed by atoms with Gasteiger partial charge in [0.25, 0.3) is 0 Å². The molecule has 0 spiro atoms. The Morgan fingerprint density at radius 2 is 2.29 bits per heavy atom. The highest BCUT2D eigenvalue weighted by molar-refractivity contribution is 5.84. The summed E-state index contributed by atoms with van der Waals surface area (Å²) in [6, 6.07) is 3.71. The van der Waals surface area contributed by atoms with Crippen LogP contribution in [0.1, 0.15) is 35.9 Å². The molecule has 0 aliphatic rings. The third-order valence-corrected chi connectivity index (χ3v) is 2.63. The average Bonchev–Trinajstić information content (AvgIpc) is 2.92. The monoisotopic (exact) mass is 232 g/mol. The van der Waals surface area contributed by atoms with Gasteiger partial charge in [0, 0.05) is 12.7 Å². The standard InChI is InChI=1S/C13H16N2O2/c1-3-4-7-15-8-11(9-16)13(14-15)12-6-5-10(2)17-12/h5-6,8-9H,3-4,7H2,1-2H3. The Balaban J connectivity index is 2.32. The predicted octanol–water partition coefficient (Wildman–Crippen LogP) is 3.06. The molecule has 90 valence electrons. The fraction of sp³-hybridized carbons (Fsp3) is 0.385. The van der Waals surface area contributed by atoms with Gasteiger partial charge in [-0.15, -0.1) is 0 Å². The molecule has 0 bridgehead atoms. The zero-order chi connectivity index (χ0) is 12.3. The zero-order valence-electron chi connectivity index (χ0n) is 10.1. The first-order valence-corrected chi connectivity index (χ1v) is 5.84. The van der Waals surface area contributed by atoms with Crippen LogP contribution in [0.3, 0.4) is 0 Å². The molecule has 0 fully saturated rings. The number of aldehydes is 1. The van der Waals surface area contributed by atoms with Crippen LogP contribution in [-0.2, 0) is 6.54 Å². The lowest BCUT2D eigenvalue weighted by Crippen LogP contribution is -1.97. The smallest absolute Gasteiger partial charge is 0.155 e. The largest absolute Gasteiger partial charge is 0.460 e. The first-order chi connectivity index (χ1) is 8.24. The molecular formula is C13H16N2O2. The first kappa shape index (κ1) is 11.6. The minimum Gasteiger partial charge on any atom is -0.460 e. The Bertz CT molecular complexity index is 511. The number of hydrogen-bond acceptors (Lipinski definition) is 3. The lowest BCUT2D eigenvalue weighted by Gasteiger charge is -1.97. The van der Waals surface area contributed by atoms with E-state index in [1.54, 1.807) is 10.9 Å². The predicted molar refractivity (Wildman–Crippen MR) is 65.0 cm³/mol. The lowest BCUT2D eigenvalue weighted by atomic mass is 10.2. The maximum atomic E-state index is 11.0. The van der Waals surface area contributed by atoms with Crippen LogP contribution >= 0.6 is 0 Å². The summed E-state index contributed by atoms with van der Waals surface area (Å²) >= 11 is 0. The summed E-state index contributed by atoms with van der Waals surface area (Å²) in [5.41, 5.74) is 1.21. The number of nitrogens with zero attached hydrogens (tertiary/aromatic N) is 2. The molecule has 0 N–H and O–H groups in total. The minimum absolute atomic E-state index is 0.579. The van der Waals surface area contributed by atoms with E-state index in [1.807, 2.05) is 19.1 Å². The van der Waals surface area contributed by atoms with Gasteiger partial charge in [0.05, 0.1) is 5.56 Å². The molecule has 0 radical (unpaired) electrons. The third-order valence-electron chi connectivity index (χ3n) is 2.63. The van der Waals surface area contributed by atoms with Crippen LogP contribution in [0.2, 0.25) is 0 Å². The van der Waals surface area contributed by atoms with Crippen LogP contribution < -0.4 is 0 Å². The van der Waals surface area contributed by atoms with Gasteiger partial charge < -0.3 is 4.42 Å². The SMILES string of the molecule is CCCCn1cc(C=O)c(-c2ccc(C)o2)n1. The molecule has 4 heteroatoms. The van der Waals surface area contributed by atoms with E-state index in [9.17, 15) is 4.79 Å². The van der Waals surface area contributed by atoms with Crippen molar-refractivity contribution in [2.75, 3.05) is 0 Å². The van der Waals surface area contributed by atoms with E-state index in [-0.39, 0.29) is 0 Å². The molecule has 0 amide bonds. The van der Waals surface area contributed by atoms with Crippen molar-refractivity contribution in [2.45, 2.75) is 33.2 Å². The van der Waals surface area contributed by atoms with Crippen molar-refractivity contribution < 1.29 is 9.21 Å². The van der Waals surface area contributed by atoms with Gasteiger partial charge in [-0.05, 0) is 25.5 Å². The molecule has 0 saturated heterocycles. The molecular weight excluding hydrogens is 216 g/mol. The van der Waals surface area contributed by atoms with Crippen molar-refractivity contribution in [2.24, 2.45) is 0 Å². The average molecular weight is 232 g/mol. The number of unbranched alkanes of at least 4 members (excludes halogenated alkanes) is 1. The van der Waals surface area contributed by atoms with E-state index in [1.165, 1.54) is 0 Å². The highest BCUT2D eigenvalue weighted by Gasteiger charge is 2.13. The number of hydrogen-bond donors (Lipinski definition) is 0. The zero-order valence-corrected chi connectivity index (χ0v) is 10.1. The van der Waals surface area contributed by atoms with E-state index in [2.05, 4.69) is 12.0 Å². The van der Waals surface area contributed by atoms with Gasteiger partial charge >= 0.3 is 0 Å². The lowest BCUT2D eigenvalue weighted by molar-refractivity contribution is 0.112. The van der Waals surface area contributed by atoms with Crippen LogP contribution in [0.5, 0.6) is 0 Å². The van der Waals surface area contributed by atoms with Gasteiger partial charge in [0.15, 0.2) is 12.0 Å². The van der Waals surface area contributed by atoms with Crippen LogP contribution in [-0.4, -0.2) is 16.1 Å². The van der Waals surface area contributed by atoms with Crippen LogP contribution in [0, 0.1) is 6.92 Å². The summed E-state index contributed by atoms with van der Waals surface area (Å²) < 4.78 is 7.30. The molecule has 2 rings (SSSR count). The van der Waals surface area contributed by atoms with E-state index >= 15 is 0 Å². The van der Waals surface area contributed by atoms with Gasteiger partial charge in [-0.3, -0.25) is 9.48 Å². The molecule has 0 aliphatic heterocycles. The van der Waals surface area contributed by atoms with Gasteiger partial charge in [0.2, 0.25) is 0 Å². The van der Waals surface area contributed by atoms with Crippen LogP contribution in [0.25, 0.3) is 11.5 Å². The van der Waals surface area contributed by atoms with Gasteiger partial charge in [0.1, 0.15) is 11.5 Å². The second-order valence-corrected chi connectivity index (χ2v) is 4.08. The number of carbonyl (C=O) groups excluding carboxylic acids is 1. The molecule has 4 nitrogen and oxygen atoms in total. The summed E-state index contributed by atoms with van der Waals surface area (Å²) in [4.78, 5) is 11.0. The van der Waals surface area contributed by atoms with E-state index in [0.29, 0.717) is 17.0 Å². The van der Waals surface area contributed by atoms with E-state index in [4.69, 9.17) is 4.42 Å². The van der Waals surface area contributed by atoms with Crippen molar-refractivity contribution in [3.63, 3.8) is 0 Å². The maximum absolute atomic E-state index is 11.0. The number of carbonyl (C=O) groups is 1. The van der Waals surface area contributed by atoms with Gasteiger partial charge in [-0.2, -0.15) is 5.10 Å². The summed E-state index contributed by atoms with van der Waals surface area (Å²) in [6.07, 6.45) is 4.75. The van der Waals surface area contributed by atoms with Crippen molar-refractivity contribution in [3.8, 4) is 11.5 Å². The summed E-state index contributed by atoms with van der Waals surface area (Å²) in [7, 11) is 0. The normalized spacial score (nSPS) is 10.7. The fourth-order valence-corrected chi connectivity index (χ4v) is 1.71. The van der Waals surface area contributed by atoms with Crippen molar-refractivity contribution >= 4 is 6.29 Å². The Labute approximate surface area is 100 Å². The highest BCUT2D eigenvalue weighted by atomic mass is 16.3. The Hall–Kier alpha value is -1.84. The van der Waals surface area contributed by atoms with Crippen LogP contribution in [0.4, 0.5) is 0 Å². The second-order valence-electron chi connectivity index (χ2n) is 4.08. The molecule has 0 aromatic carbocycles. The Morgan fingerprint density at radius 3 is 2.88 bits per heavy atom.